The van der Waals surface area contributed by atoms with Crippen molar-refractivity contribution in [3.05, 3.63) is 35.6 Å². The minimum absolute atomic E-state index is 0.0250. The summed E-state index contributed by atoms with van der Waals surface area (Å²) in [5.41, 5.74) is 0.677. The van der Waals surface area contributed by atoms with Crippen LogP contribution in [0.15, 0.2) is 24.3 Å². The average molecular weight is 310 g/mol. The van der Waals surface area contributed by atoms with Gasteiger partial charge in [-0.05, 0) is 44.6 Å². The van der Waals surface area contributed by atoms with Gasteiger partial charge >= 0.3 is 5.97 Å². The molecule has 0 aliphatic carbocycles. The Morgan fingerprint density at radius 2 is 1.95 bits per heavy atom. The van der Waals surface area contributed by atoms with Crippen molar-refractivity contribution in [2.24, 2.45) is 0 Å². The zero-order valence-electron chi connectivity index (χ0n) is 13.0. The molecule has 1 aromatic rings. The van der Waals surface area contributed by atoms with E-state index in [1.807, 2.05) is 7.05 Å². The first-order valence-corrected chi connectivity index (χ1v) is 7.41. The van der Waals surface area contributed by atoms with Crippen molar-refractivity contribution >= 4 is 11.9 Å². The van der Waals surface area contributed by atoms with E-state index in [4.69, 9.17) is 4.74 Å². The first-order chi connectivity index (χ1) is 10.6. The number of amides is 1. The maximum absolute atomic E-state index is 13.0. The lowest BCUT2D eigenvalue weighted by atomic mass is 10.0. The topological polar surface area (TPSA) is 67.4 Å². The Morgan fingerprint density at radius 3 is 2.55 bits per heavy atom. The van der Waals surface area contributed by atoms with Crippen LogP contribution in [-0.4, -0.2) is 32.1 Å². The van der Waals surface area contributed by atoms with Crippen LogP contribution in [0, 0.1) is 5.82 Å². The largest absolute Gasteiger partial charge is 0.466 e. The lowest BCUT2D eigenvalue weighted by Crippen LogP contribution is -2.31. The quantitative estimate of drug-likeness (QED) is 0.540. The molecule has 1 atom stereocenters. The molecule has 0 aliphatic rings. The zero-order valence-corrected chi connectivity index (χ0v) is 13.0. The van der Waals surface area contributed by atoms with Crippen LogP contribution >= 0.6 is 0 Å². The highest BCUT2D eigenvalue weighted by atomic mass is 19.1. The van der Waals surface area contributed by atoms with Crippen LogP contribution in [-0.2, 0) is 14.3 Å². The molecule has 5 nitrogen and oxygen atoms in total. The second-order valence-corrected chi connectivity index (χ2v) is 4.89. The van der Waals surface area contributed by atoms with Crippen LogP contribution in [0.1, 0.15) is 37.8 Å². The number of benzene rings is 1. The van der Waals surface area contributed by atoms with Crippen molar-refractivity contribution in [1.82, 2.24) is 10.6 Å². The predicted octanol–water partition coefficient (Wildman–Crippen LogP) is 1.94. The molecule has 0 aromatic heterocycles. The Bertz CT molecular complexity index is 477. The summed E-state index contributed by atoms with van der Waals surface area (Å²) in [7, 11) is 1.82. The summed E-state index contributed by atoms with van der Waals surface area (Å²) in [6.45, 7) is 2.75. The summed E-state index contributed by atoms with van der Waals surface area (Å²) in [4.78, 5) is 23.6. The smallest absolute Gasteiger partial charge is 0.308 e. The van der Waals surface area contributed by atoms with Crippen LogP contribution in [0.4, 0.5) is 4.39 Å². The SMILES string of the molecule is CCOC(=O)CC(NC(=O)CCCNC)c1ccc(F)cc1. The fraction of sp³-hybridized carbons (Fsp3) is 0.500. The molecule has 1 aromatic carbocycles. The molecule has 6 heteroatoms. The third kappa shape index (κ3) is 6.67. The number of hydrogen-bond acceptors (Lipinski definition) is 4. The Morgan fingerprint density at radius 1 is 1.27 bits per heavy atom. The number of esters is 1. The molecule has 0 spiro atoms. The second-order valence-electron chi connectivity index (χ2n) is 4.89. The van der Waals surface area contributed by atoms with Gasteiger partial charge < -0.3 is 15.4 Å². The summed E-state index contributed by atoms with van der Waals surface area (Å²) in [5, 5.41) is 5.78. The molecule has 0 heterocycles. The van der Waals surface area contributed by atoms with Gasteiger partial charge in [0.25, 0.3) is 0 Å². The molecule has 22 heavy (non-hydrogen) atoms. The highest BCUT2D eigenvalue weighted by Crippen LogP contribution is 2.18. The third-order valence-electron chi connectivity index (χ3n) is 3.11. The fourth-order valence-electron chi connectivity index (χ4n) is 2.03. The number of rotatable bonds is 9. The van der Waals surface area contributed by atoms with E-state index in [0.717, 1.165) is 6.54 Å². The standard InChI is InChI=1S/C16H23FN2O3/c1-3-22-16(21)11-14(12-6-8-13(17)9-7-12)19-15(20)5-4-10-18-2/h6-9,14,18H,3-5,10-11H2,1-2H3,(H,19,20). The van der Waals surface area contributed by atoms with Gasteiger partial charge in [-0.1, -0.05) is 12.1 Å². The number of carbonyl (C=O) groups is 2. The Kier molecular flexibility index (Phi) is 8.14. The van der Waals surface area contributed by atoms with E-state index in [1.165, 1.54) is 12.1 Å². The van der Waals surface area contributed by atoms with Crippen LogP contribution < -0.4 is 10.6 Å². The summed E-state index contributed by atoms with van der Waals surface area (Å²) < 4.78 is 17.9. The van der Waals surface area contributed by atoms with Crippen LogP contribution in [0.25, 0.3) is 0 Å². The minimum Gasteiger partial charge on any atom is -0.466 e. The molecular weight excluding hydrogens is 287 g/mol. The van der Waals surface area contributed by atoms with Gasteiger partial charge in [0.1, 0.15) is 5.82 Å². The molecule has 0 saturated carbocycles. The van der Waals surface area contributed by atoms with E-state index >= 15 is 0 Å². The zero-order chi connectivity index (χ0) is 16.4. The summed E-state index contributed by atoms with van der Waals surface area (Å²) in [5.74, 6) is -0.903. The monoisotopic (exact) mass is 310 g/mol. The van der Waals surface area contributed by atoms with Crippen molar-refractivity contribution in [2.75, 3.05) is 20.2 Å². The maximum atomic E-state index is 13.0. The average Bonchev–Trinajstić information content (AvgIpc) is 2.48. The summed E-state index contributed by atoms with van der Waals surface area (Å²) in [6, 6.07) is 5.23. The number of ether oxygens (including phenoxy) is 1. The summed E-state index contributed by atoms with van der Waals surface area (Å²) in [6.07, 6.45) is 1.09. The molecule has 0 radical (unpaired) electrons. The van der Waals surface area contributed by atoms with Gasteiger partial charge in [-0.2, -0.15) is 0 Å². The van der Waals surface area contributed by atoms with Crippen LogP contribution in [0.2, 0.25) is 0 Å². The van der Waals surface area contributed by atoms with Gasteiger partial charge in [-0.25, -0.2) is 4.39 Å². The molecule has 2 N–H and O–H groups in total. The molecular formula is C16H23FN2O3. The van der Waals surface area contributed by atoms with Gasteiger partial charge in [0.05, 0.1) is 19.1 Å². The molecule has 0 fully saturated rings. The lowest BCUT2D eigenvalue weighted by Gasteiger charge is -2.18. The van der Waals surface area contributed by atoms with E-state index in [-0.39, 0.29) is 24.8 Å². The lowest BCUT2D eigenvalue weighted by molar-refractivity contribution is -0.143. The van der Waals surface area contributed by atoms with Crippen molar-refractivity contribution in [3.8, 4) is 0 Å². The van der Waals surface area contributed by atoms with E-state index in [9.17, 15) is 14.0 Å². The summed E-state index contributed by atoms with van der Waals surface area (Å²) >= 11 is 0. The molecule has 0 bridgehead atoms. The number of hydrogen-bond donors (Lipinski definition) is 2. The van der Waals surface area contributed by atoms with Gasteiger partial charge in [0.2, 0.25) is 5.91 Å². The van der Waals surface area contributed by atoms with E-state index < -0.39 is 12.0 Å². The minimum atomic E-state index is -0.512. The van der Waals surface area contributed by atoms with Crippen LogP contribution in [0.3, 0.4) is 0 Å². The molecule has 1 unspecified atom stereocenters. The first kappa shape index (κ1) is 18.1. The van der Waals surface area contributed by atoms with E-state index in [2.05, 4.69) is 10.6 Å². The van der Waals surface area contributed by atoms with E-state index in [1.54, 1.807) is 19.1 Å². The first-order valence-electron chi connectivity index (χ1n) is 7.41. The Balaban J connectivity index is 2.71. The Hall–Kier alpha value is -1.95. The van der Waals surface area contributed by atoms with Crippen molar-refractivity contribution in [2.45, 2.75) is 32.2 Å². The van der Waals surface area contributed by atoms with Gasteiger partial charge in [0.15, 0.2) is 0 Å². The molecule has 1 rings (SSSR count). The molecule has 0 aliphatic heterocycles. The van der Waals surface area contributed by atoms with Crippen molar-refractivity contribution in [3.63, 3.8) is 0 Å². The van der Waals surface area contributed by atoms with E-state index in [0.29, 0.717) is 18.4 Å². The highest BCUT2D eigenvalue weighted by molar-refractivity contribution is 5.78. The molecule has 122 valence electrons. The Labute approximate surface area is 130 Å². The maximum Gasteiger partial charge on any atom is 0.308 e. The second kappa shape index (κ2) is 9.89. The highest BCUT2D eigenvalue weighted by Gasteiger charge is 2.19. The molecule has 0 saturated heterocycles. The van der Waals surface area contributed by atoms with Crippen molar-refractivity contribution < 1.29 is 18.7 Å². The fourth-order valence-corrected chi connectivity index (χ4v) is 2.03. The van der Waals surface area contributed by atoms with Gasteiger partial charge in [-0.15, -0.1) is 0 Å². The van der Waals surface area contributed by atoms with Crippen LogP contribution in [0.5, 0.6) is 0 Å². The molecule has 1 amide bonds. The van der Waals surface area contributed by atoms with Gasteiger partial charge in [-0.3, -0.25) is 9.59 Å². The normalized spacial score (nSPS) is 11.8. The number of nitrogens with one attached hydrogen (secondary N) is 2. The number of halogens is 1. The van der Waals surface area contributed by atoms with Crippen molar-refractivity contribution in [1.29, 1.82) is 0 Å². The number of carbonyl (C=O) groups excluding carboxylic acids is 2. The third-order valence-corrected chi connectivity index (χ3v) is 3.11. The van der Waals surface area contributed by atoms with Gasteiger partial charge in [0, 0.05) is 6.42 Å². The predicted molar refractivity (Wildman–Crippen MR) is 81.7 cm³/mol.